The van der Waals surface area contributed by atoms with Crippen LogP contribution in [0.25, 0.3) is 0 Å². The van der Waals surface area contributed by atoms with E-state index >= 15 is 0 Å². The van der Waals surface area contributed by atoms with E-state index in [2.05, 4.69) is 36.4 Å². The molecule has 0 radical (unpaired) electrons. The maximum absolute atomic E-state index is 11.2. The third-order valence-corrected chi connectivity index (χ3v) is 3.37. The molecule has 2 N–H and O–H groups in total. The molecule has 23 heavy (non-hydrogen) atoms. The summed E-state index contributed by atoms with van der Waals surface area (Å²) in [4.78, 5) is 11.2. The van der Waals surface area contributed by atoms with Crippen LogP contribution in [0.1, 0.15) is 49.3 Å². The van der Waals surface area contributed by atoms with Crippen LogP contribution in [-0.2, 0) is 12.0 Å². The number of rotatable bonds is 5. The zero-order valence-corrected chi connectivity index (χ0v) is 13.9. The Bertz CT molecular complexity index is 726. The summed E-state index contributed by atoms with van der Waals surface area (Å²) < 4.78 is 1.87. The van der Waals surface area contributed by atoms with Crippen molar-refractivity contribution in [3.8, 4) is 0 Å². The summed E-state index contributed by atoms with van der Waals surface area (Å²) in [7, 11) is 0. The molecule has 2 rings (SSSR count). The highest BCUT2D eigenvalue weighted by molar-refractivity contribution is 5.94. The number of nitrogens with one attached hydrogen (secondary N) is 1. The third-order valence-electron chi connectivity index (χ3n) is 3.37. The first-order chi connectivity index (χ1) is 10.8. The molecule has 1 aromatic heterocycles. The van der Waals surface area contributed by atoms with Crippen molar-refractivity contribution in [1.29, 1.82) is 0 Å². The Labute approximate surface area is 135 Å². The third kappa shape index (κ3) is 3.97. The highest BCUT2D eigenvalue weighted by atomic mass is 16.4. The van der Waals surface area contributed by atoms with E-state index in [0.717, 1.165) is 17.8 Å². The van der Waals surface area contributed by atoms with Crippen LogP contribution in [-0.4, -0.2) is 27.1 Å². The van der Waals surface area contributed by atoms with Gasteiger partial charge in [0.05, 0.1) is 23.2 Å². The lowest BCUT2D eigenvalue weighted by atomic mass is 9.90. The van der Waals surface area contributed by atoms with E-state index in [0.29, 0.717) is 5.69 Å². The zero-order chi connectivity index (χ0) is 17.0. The summed E-state index contributed by atoms with van der Waals surface area (Å²) in [6, 6.07) is 6.66. The number of aromatic nitrogens is 2. The van der Waals surface area contributed by atoms with Crippen LogP contribution in [0, 0.1) is 0 Å². The highest BCUT2D eigenvalue weighted by Gasteiger charge is 2.21. The van der Waals surface area contributed by atoms with Gasteiger partial charge in [0.15, 0.2) is 0 Å². The molecular weight excluding hydrogens is 292 g/mol. The van der Waals surface area contributed by atoms with Crippen molar-refractivity contribution in [2.75, 3.05) is 5.43 Å². The number of aromatic carboxylic acids is 1. The Morgan fingerprint density at radius 3 is 2.70 bits per heavy atom. The molecular formula is C17H22N4O2. The van der Waals surface area contributed by atoms with Crippen LogP contribution in [0.4, 0.5) is 5.69 Å². The molecule has 0 aliphatic carbocycles. The van der Waals surface area contributed by atoms with Crippen molar-refractivity contribution >= 4 is 17.9 Å². The van der Waals surface area contributed by atoms with Gasteiger partial charge in [0.2, 0.25) is 0 Å². The Morgan fingerprint density at radius 1 is 1.39 bits per heavy atom. The topological polar surface area (TPSA) is 79.5 Å². The van der Waals surface area contributed by atoms with Crippen molar-refractivity contribution in [1.82, 2.24) is 9.78 Å². The first-order valence-corrected chi connectivity index (χ1v) is 7.52. The molecule has 0 bridgehead atoms. The van der Waals surface area contributed by atoms with Crippen molar-refractivity contribution in [2.45, 2.75) is 39.7 Å². The smallest absolute Gasteiger partial charge is 0.337 e. The number of hydrogen-bond donors (Lipinski definition) is 2. The van der Waals surface area contributed by atoms with Gasteiger partial charge in [0.1, 0.15) is 0 Å². The maximum atomic E-state index is 11.2. The van der Waals surface area contributed by atoms with Gasteiger partial charge < -0.3 is 5.11 Å². The second kappa shape index (κ2) is 6.64. The second-order valence-electron chi connectivity index (χ2n) is 6.26. The average molecular weight is 314 g/mol. The van der Waals surface area contributed by atoms with Gasteiger partial charge in [-0.2, -0.15) is 10.2 Å². The van der Waals surface area contributed by atoms with Gasteiger partial charge in [0.25, 0.3) is 0 Å². The number of hydrogen-bond acceptors (Lipinski definition) is 4. The summed E-state index contributed by atoms with van der Waals surface area (Å²) in [6.07, 6.45) is 3.62. The van der Waals surface area contributed by atoms with Crippen molar-refractivity contribution < 1.29 is 9.90 Å². The fourth-order valence-corrected chi connectivity index (χ4v) is 2.21. The zero-order valence-electron chi connectivity index (χ0n) is 13.9. The summed E-state index contributed by atoms with van der Waals surface area (Å²) in [5.41, 5.74) is 5.22. The molecule has 6 heteroatoms. The van der Waals surface area contributed by atoms with E-state index in [4.69, 9.17) is 5.11 Å². The second-order valence-corrected chi connectivity index (χ2v) is 6.26. The molecule has 0 saturated carbocycles. The standard InChI is InChI=1S/C17H22N4O2/c1-5-21-11-12(15(20-21)17(2,3)4)10-18-19-14-9-7-6-8-13(14)16(22)23/h6-11,19H,5H2,1-4H3,(H,22,23)/b18-10+. The van der Waals surface area contributed by atoms with Crippen molar-refractivity contribution in [3.05, 3.63) is 47.3 Å². The number of carboxylic acid groups (broad SMARTS) is 1. The monoisotopic (exact) mass is 314 g/mol. The molecule has 0 amide bonds. The molecule has 0 aliphatic heterocycles. The molecule has 0 atom stereocenters. The van der Waals surface area contributed by atoms with E-state index in [1.54, 1.807) is 24.4 Å². The number of anilines is 1. The number of aryl methyl sites for hydroxylation is 1. The fraction of sp³-hybridized carbons (Fsp3) is 0.353. The molecule has 1 heterocycles. The van der Waals surface area contributed by atoms with Crippen LogP contribution >= 0.6 is 0 Å². The fourth-order valence-electron chi connectivity index (χ4n) is 2.21. The Morgan fingerprint density at radius 2 is 2.09 bits per heavy atom. The van der Waals surface area contributed by atoms with Crippen LogP contribution in [0.15, 0.2) is 35.6 Å². The minimum Gasteiger partial charge on any atom is -0.478 e. The molecule has 0 aliphatic rings. The van der Waals surface area contributed by atoms with E-state index in [-0.39, 0.29) is 11.0 Å². The van der Waals surface area contributed by atoms with Crippen molar-refractivity contribution in [3.63, 3.8) is 0 Å². The lowest BCUT2D eigenvalue weighted by Gasteiger charge is -2.16. The van der Waals surface area contributed by atoms with Gasteiger partial charge in [-0.15, -0.1) is 0 Å². The molecule has 2 aromatic rings. The first-order valence-electron chi connectivity index (χ1n) is 7.52. The largest absolute Gasteiger partial charge is 0.478 e. The van der Waals surface area contributed by atoms with E-state index in [1.165, 1.54) is 6.07 Å². The molecule has 6 nitrogen and oxygen atoms in total. The number of carboxylic acids is 1. The van der Waals surface area contributed by atoms with Gasteiger partial charge >= 0.3 is 5.97 Å². The lowest BCUT2D eigenvalue weighted by molar-refractivity contribution is 0.0698. The first kappa shape index (κ1) is 16.7. The molecule has 0 unspecified atom stereocenters. The Hall–Kier alpha value is -2.63. The number of hydrazone groups is 1. The average Bonchev–Trinajstić information content (AvgIpc) is 2.91. The summed E-state index contributed by atoms with van der Waals surface area (Å²) in [5.74, 6) is -0.988. The normalized spacial score (nSPS) is 11.8. The molecule has 122 valence electrons. The molecule has 0 fully saturated rings. The van der Waals surface area contributed by atoms with Gasteiger partial charge in [-0.05, 0) is 19.1 Å². The van der Waals surface area contributed by atoms with Crippen LogP contribution in [0.2, 0.25) is 0 Å². The summed E-state index contributed by atoms with van der Waals surface area (Å²) in [5, 5.41) is 17.9. The molecule has 1 aromatic carbocycles. The Kier molecular flexibility index (Phi) is 4.83. The Balaban J connectivity index is 2.25. The molecule has 0 saturated heterocycles. The van der Waals surface area contributed by atoms with E-state index in [9.17, 15) is 4.79 Å². The molecule has 0 spiro atoms. The number of para-hydroxylation sites is 1. The number of carbonyl (C=O) groups is 1. The number of nitrogens with zero attached hydrogens (tertiary/aromatic N) is 3. The SMILES string of the molecule is CCn1cc(/C=N/Nc2ccccc2C(=O)O)c(C(C)(C)C)n1. The van der Waals surface area contributed by atoms with Gasteiger partial charge in [-0.25, -0.2) is 4.79 Å². The van der Waals surface area contributed by atoms with Crippen LogP contribution in [0.3, 0.4) is 0 Å². The lowest BCUT2D eigenvalue weighted by Crippen LogP contribution is -2.15. The van der Waals surface area contributed by atoms with Gasteiger partial charge in [-0.3, -0.25) is 10.1 Å². The minimum atomic E-state index is -0.988. The predicted molar refractivity (Wildman–Crippen MR) is 91.2 cm³/mol. The summed E-state index contributed by atoms with van der Waals surface area (Å²) >= 11 is 0. The maximum Gasteiger partial charge on any atom is 0.337 e. The van der Waals surface area contributed by atoms with Gasteiger partial charge in [0, 0.05) is 23.7 Å². The minimum absolute atomic E-state index is 0.0965. The van der Waals surface area contributed by atoms with Gasteiger partial charge in [-0.1, -0.05) is 32.9 Å². The van der Waals surface area contributed by atoms with Crippen LogP contribution < -0.4 is 5.43 Å². The van der Waals surface area contributed by atoms with E-state index < -0.39 is 5.97 Å². The quantitative estimate of drug-likeness (QED) is 0.655. The predicted octanol–water partition coefficient (Wildman–Crippen LogP) is 3.34. The summed E-state index contributed by atoms with van der Waals surface area (Å²) in [6.45, 7) is 9.10. The number of benzene rings is 1. The van der Waals surface area contributed by atoms with Crippen LogP contribution in [0.5, 0.6) is 0 Å². The highest BCUT2D eigenvalue weighted by Crippen LogP contribution is 2.23. The van der Waals surface area contributed by atoms with E-state index in [1.807, 2.05) is 17.8 Å². The van der Waals surface area contributed by atoms with Crippen molar-refractivity contribution in [2.24, 2.45) is 5.10 Å².